The first kappa shape index (κ1) is 14.7. The molecule has 0 saturated carbocycles. The van der Waals surface area contributed by atoms with E-state index in [1.807, 2.05) is 13.8 Å². The predicted octanol–water partition coefficient (Wildman–Crippen LogP) is 2.34. The lowest BCUT2D eigenvalue weighted by Gasteiger charge is -2.40. The molecule has 5 nitrogen and oxygen atoms in total. The van der Waals surface area contributed by atoms with Gasteiger partial charge in [0.2, 0.25) is 0 Å². The maximum atomic E-state index is 11.1. The molecular formula is C15H21NO4. The SMILES string of the molecule is CC1CC(C(=O)O)CCN1C(C)c1ccc(O)cc1O. The Hall–Kier alpha value is -1.75. The van der Waals surface area contributed by atoms with E-state index in [9.17, 15) is 15.0 Å². The van der Waals surface area contributed by atoms with Gasteiger partial charge in [0, 0.05) is 23.7 Å². The van der Waals surface area contributed by atoms with Gasteiger partial charge in [0.15, 0.2) is 0 Å². The van der Waals surface area contributed by atoms with E-state index in [-0.39, 0.29) is 29.5 Å². The van der Waals surface area contributed by atoms with Crippen molar-refractivity contribution >= 4 is 5.97 Å². The van der Waals surface area contributed by atoms with E-state index in [4.69, 9.17) is 5.11 Å². The number of aromatic hydroxyl groups is 2. The standard InChI is InChI=1S/C15H21NO4/c1-9-7-11(15(19)20)5-6-16(9)10(2)13-4-3-12(17)8-14(13)18/h3-4,8-11,17-18H,5-7H2,1-2H3,(H,19,20). The number of rotatable bonds is 3. The van der Waals surface area contributed by atoms with Crippen molar-refractivity contribution in [3.63, 3.8) is 0 Å². The van der Waals surface area contributed by atoms with Crippen molar-refractivity contribution in [2.45, 2.75) is 38.8 Å². The van der Waals surface area contributed by atoms with Crippen LogP contribution in [0.25, 0.3) is 0 Å². The first-order valence-electron chi connectivity index (χ1n) is 6.90. The Morgan fingerprint density at radius 1 is 1.40 bits per heavy atom. The topological polar surface area (TPSA) is 81.0 Å². The molecule has 0 aromatic heterocycles. The van der Waals surface area contributed by atoms with E-state index in [0.717, 1.165) is 5.56 Å². The van der Waals surface area contributed by atoms with Crippen LogP contribution in [-0.4, -0.2) is 38.8 Å². The number of hydrogen-bond acceptors (Lipinski definition) is 4. The summed E-state index contributed by atoms with van der Waals surface area (Å²) in [6.45, 7) is 4.70. The van der Waals surface area contributed by atoms with Crippen molar-refractivity contribution in [1.82, 2.24) is 4.90 Å². The summed E-state index contributed by atoms with van der Waals surface area (Å²) in [5.74, 6) is -0.889. The average molecular weight is 279 g/mol. The van der Waals surface area contributed by atoms with E-state index in [1.165, 1.54) is 6.07 Å². The molecule has 1 fully saturated rings. The zero-order valence-corrected chi connectivity index (χ0v) is 11.8. The van der Waals surface area contributed by atoms with Crippen LogP contribution in [0.3, 0.4) is 0 Å². The van der Waals surface area contributed by atoms with Crippen LogP contribution in [0.1, 0.15) is 38.3 Å². The summed E-state index contributed by atoms with van der Waals surface area (Å²) in [4.78, 5) is 13.3. The van der Waals surface area contributed by atoms with Crippen LogP contribution < -0.4 is 0 Å². The molecular weight excluding hydrogens is 258 g/mol. The number of carbonyl (C=O) groups is 1. The van der Waals surface area contributed by atoms with Gasteiger partial charge in [-0.1, -0.05) is 6.07 Å². The van der Waals surface area contributed by atoms with Crippen LogP contribution in [0.15, 0.2) is 18.2 Å². The van der Waals surface area contributed by atoms with Crippen molar-refractivity contribution in [1.29, 1.82) is 0 Å². The highest BCUT2D eigenvalue weighted by Crippen LogP contribution is 2.35. The third-order valence-corrected chi connectivity index (χ3v) is 4.24. The highest BCUT2D eigenvalue weighted by molar-refractivity contribution is 5.70. The fourth-order valence-corrected chi connectivity index (χ4v) is 3.05. The molecule has 0 bridgehead atoms. The minimum Gasteiger partial charge on any atom is -0.508 e. The highest BCUT2D eigenvalue weighted by atomic mass is 16.4. The van der Waals surface area contributed by atoms with Gasteiger partial charge in [-0.25, -0.2) is 0 Å². The average Bonchev–Trinajstić information content (AvgIpc) is 2.37. The molecule has 20 heavy (non-hydrogen) atoms. The first-order chi connectivity index (χ1) is 9.40. The van der Waals surface area contributed by atoms with Gasteiger partial charge in [-0.05, 0) is 39.3 Å². The van der Waals surface area contributed by atoms with Gasteiger partial charge in [0.1, 0.15) is 11.5 Å². The molecule has 1 aromatic rings. The number of carboxylic acid groups (broad SMARTS) is 1. The second kappa shape index (κ2) is 5.71. The number of likely N-dealkylation sites (tertiary alicyclic amines) is 1. The van der Waals surface area contributed by atoms with Gasteiger partial charge in [-0.3, -0.25) is 9.69 Å². The molecule has 3 unspecified atom stereocenters. The molecule has 1 heterocycles. The summed E-state index contributed by atoms with van der Waals surface area (Å²) >= 11 is 0. The number of piperidine rings is 1. The fourth-order valence-electron chi connectivity index (χ4n) is 3.05. The Morgan fingerprint density at radius 3 is 2.65 bits per heavy atom. The third-order valence-electron chi connectivity index (χ3n) is 4.24. The van der Waals surface area contributed by atoms with Crippen molar-refractivity contribution in [3.8, 4) is 11.5 Å². The van der Waals surface area contributed by atoms with Gasteiger partial charge in [-0.15, -0.1) is 0 Å². The maximum Gasteiger partial charge on any atom is 0.306 e. The van der Waals surface area contributed by atoms with Crippen LogP contribution in [0.5, 0.6) is 11.5 Å². The number of carboxylic acids is 1. The van der Waals surface area contributed by atoms with Crippen LogP contribution in [0.2, 0.25) is 0 Å². The van der Waals surface area contributed by atoms with E-state index in [1.54, 1.807) is 12.1 Å². The first-order valence-corrected chi connectivity index (χ1v) is 6.90. The zero-order valence-electron chi connectivity index (χ0n) is 11.8. The van der Waals surface area contributed by atoms with E-state index in [2.05, 4.69) is 4.90 Å². The zero-order chi connectivity index (χ0) is 14.9. The Morgan fingerprint density at radius 2 is 2.10 bits per heavy atom. The Kier molecular flexibility index (Phi) is 4.18. The Labute approximate surface area is 118 Å². The maximum absolute atomic E-state index is 11.1. The lowest BCUT2D eigenvalue weighted by molar-refractivity contribution is -0.144. The molecule has 110 valence electrons. The minimum atomic E-state index is -0.725. The monoisotopic (exact) mass is 279 g/mol. The molecule has 1 aliphatic rings. The van der Waals surface area contributed by atoms with Gasteiger partial charge in [-0.2, -0.15) is 0 Å². The number of phenolic OH excluding ortho intramolecular Hbond substituents is 2. The van der Waals surface area contributed by atoms with Crippen LogP contribution in [-0.2, 0) is 4.79 Å². The van der Waals surface area contributed by atoms with Crippen molar-refractivity contribution < 1.29 is 20.1 Å². The van der Waals surface area contributed by atoms with E-state index < -0.39 is 5.97 Å². The fraction of sp³-hybridized carbons (Fsp3) is 0.533. The van der Waals surface area contributed by atoms with Crippen molar-refractivity contribution in [2.75, 3.05) is 6.54 Å². The van der Waals surface area contributed by atoms with Gasteiger partial charge < -0.3 is 15.3 Å². The summed E-state index contributed by atoms with van der Waals surface area (Å²) in [7, 11) is 0. The minimum absolute atomic E-state index is 0.0136. The molecule has 2 rings (SSSR count). The third kappa shape index (κ3) is 2.88. The number of nitrogens with zero attached hydrogens (tertiary/aromatic N) is 1. The molecule has 1 aromatic carbocycles. The summed E-state index contributed by atoms with van der Waals surface area (Å²) in [6.07, 6.45) is 1.25. The number of hydrogen-bond donors (Lipinski definition) is 3. The Balaban J connectivity index is 2.13. The highest BCUT2D eigenvalue weighted by Gasteiger charge is 2.33. The quantitative estimate of drug-likeness (QED) is 0.791. The molecule has 0 aliphatic carbocycles. The summed E-state index contributed by atoms with van der Waals surface area (Å²) in [5, 5.41) is 28.4. The molecule has 0 amide bonds. The van der Waals surface area contributed by atoms with Gasteiger partial charge in [0.05, 0.1) is 5.92 Å². The molecule has 0 radical (unpaired) electrons. The summed E-state index contributed by atoms with van der Waals surface area (Å²) in [6, 6.07) is 4.74. The Bertz CT molecular complexity index is 503. The van der Waals surface area contributed by atoms with Gasteiger partial charge >= 0.3 is 5.97 Å². The largest absolute Gasteiger partial charge is 0.508 e. The molecule has 1 saturated heterocycles. The summed E-state index contributed by atoms with van der Waals surface area (Å²) in [5.41, 5.74) is 0.753. The number of aliphatic carboxylic acids is 1. The second-order valence-electron chi connectivity index (χ2n) is 5.57. The lowest BCUT2D eigenvalue weighted by atomic mass is 9.89. The molecule has 3 atom stereocenters. The molecule has 1 aliphatic heterocycles. The summed E-state index contributed by atoms with van der Waals surface area (Å²) < 4.78 is 0. The van der Waals surface area contributed by atoms with Crippen LogP contribution >= 0.6 is 0 Å². The van der Waals surface area contributed by atoms with Crippen molar-refractivity contribution in [3.05, 3.63) is 23.8 Å². The molecule has 5 heteroatoms. The van der Waals surface area contributed by atoms with E-state index >= 15 is 0 Å². The number of phenols is 2. The second-order valence-corrected chi connectivity index (χ2v) is 5.57. The predicted molar refractivity (Wildman–Crippen MR) is 74.7 cm³/mol. The van der Waals surface area contributed by atoms with Crippen LogP contribution in [0.4, 0.5) is 0 Å². The molecule has 3 N–H and O–H groups in total. The molecule has 0 spiro atoms. The van der Waals surface area contributed by atoms with E-state index in [0.29, 0.717) is 19.4 Å². The number of benzene rings is 1. The van der Waals surface area contributed by atoms with Crippen LogP contribution in [0, 0.1) is 5.92 Å². The lowest BCUT2D eigenvalue weighted by Crippen LogP contribution is -2.43. The van der Waals surface area contributed by atoms with Gasteiger partial charge in [0.25, 0.3) is 0 Å². The normalized spacial score (nSPS) is 25.3. The van der Waals surface area contributed by atoms with Crippen molar-refractivity contribution in [2.24, 2.45) is 5.92 Å². The smallest absolute Gasteiger partial charge is 0.306 e.